The Hall–Kier alpha value is -4.06. The average Bonchev–Trinajstić information content (AvgIpc) is 2.76. The predicted octanol–water partition coefficient (Wildman–Crippen LogP) is 1.49. The number of aromatic nitrogens is 2. The molecule has 0 saturated heterocycles. The lowest BCUT2D eigenvalue weighted by Crippen LogP contribution is -2.36. The van der Waals surface area contributed by atoms with Gasteiger partial charge in [0.2, 0.25) is 17.7 Å². The van der Waals surface area contributed by atoms with Crippen LogP contribution in [0.3, 0.4) is 0 Å². The molecular weight excluding hydrogens is 468 g/mol. The molecule has 0 atom stereocenters. The fraction of sp³-hybridized carbons (Fsp3) is 0.278. The van der Waals surface area contributed by atoms with Gasteiger partial charge in [-0.05, 0) is 11.6 Å². The van der Waals surface area contributed by atoms with E-state index in [1.165, 1.54) is 19.2 Å². The van der Waals surface area contributed by atoms with Crippen molar-refractivity contribution in [1.29, 1.82) is 5.26 Å². The molecule has 176 valence electrons. The Balaban J connectivity index is 2.33. The molecule has 33 heavy (non-hydrogen) atoms. The number of benzene rings is 1. The van der Waals surface area contributed by atoms with Crippen LogP contribution in [0.15, 0.2) is 29.2 Å². The minimum atomic E-state index is -4.70. The average molecular weight is 485 g/mol. The summed E-state index contributed by atoms with van der Waals surface area (Å²) in [4.78, 5) is 31.2. The third-order valence-corrected chi connectivity index (χ3v) is 5.21. The number of hydrogen-bond donors (Lipinski definition) is 2. The summed E-state index contributed by atoms with van der Waals surface area (Å²) in [6.45, 7) is -0.994. The van der Waals surface area contributed by atoms with Crippen LogP contribution in [0.4, 0.5) is 19.5 Å². The number of rotatable bonds is 9. The highest BCUT2D eigenvalue weighted by molar-refractivity contribution is 7.90. The molecule has 0 saturated carbocycles. The van der Waals surface area contributed by atoms with E-state index in [0.29, 0.717) is 0 Å². The molecule has 2 rings (SSSR count). The van der Waals surface area contributed by atoms with Gasteiger partial charge in [-0.15, -0.1) is 0 Å². The number of urea groups is 1. The summed E-state index contributed by atoms with van der Waals surface area (Å²) >= 11 is 0. The van der Waals surface area contributed by atoms with Gasteiger partial charge in [0.15, 0.2) is 6.61 Å². The lowest BCUT2D eigenvalue weighted by molar-refractivity contribution is 0.0596. The maximum atomic E-state index is 12.9. The number of sulfonamides is 1. The Morgan fingerprint density at radius 2 is 1.91 bits per heavy atom. The molecule has 0 spiro atoms. The Morgan fingerprint density at radius 3 is 2.52 bits per heavy atom. The maximum Gasteiger partial charge on any atom is 0.339 e. The van der Waals surface area contributed by atoms with Gasteiger partial charge in [-0.1, -0.05) is 12.1 Å². The molecule has 12 nitrogen and oxygen atoms in total. The number of nitrogens with zero attached hydrogens (tertiary/aromatic N) is 3. The van der Waals surface area contributed by atoms with Crippen LogP contribution in [0.5, 0.6) is 11.8 Å². The van der Waals surface area contributed by atoms with Crippen LogP contribution < -0.4 is 19.5 Å². The van der Waals surface area contributed by atoms with E-state index < -0.39 is 51.5 Å². The molecule has 0 radical (unpaired) electrons. The number of hydrogen-bond acceptors (Lipinski definition) is 10. The van der Waals surface area contributed by atoms with Crippen molar-refractivity contribution in [1.82, 2.24) is 14.7 Å². The van der Waals surface area contributed by atoms with Crippen LogP contribution in [0, 0.1) is 11.3 Å². The number of nitriles is 1. The first-order valence-electron chi connectivity index (χ1n) is 8.86. The van der Waals surface area contributed by atoms with Crippen LogP contribution in [-0.2, 0) is 21.2 Å². The third-order valence-electron chi connectivity index (χ3n) is 3.74. The molecule has 0 fully saturated rings. The number of esters is 1. The minimum absolute atomic E-state index is 0.0546. The summed E-state index contributed by atoms with van der Waals surface area (Å²) in [5.74, 6) is -2.07. The van der Waals surface area contributed by atoms with E-state index in [4.69, 9.17) is 14.7 Å². The lowest BCUT2D eigenvalue weighted by atomic mass is 10.1. The highest BCUT2D eigenvalue weighted by atomic mass is 32.2. The van der Waals surface area contributed by atoms with Gasteiger partial charge in [0.25, 0.3) is 16.4 Å². The number of carbonyl (C=O) groups excluding carboxylic acids is 2. The van der Waals surface area contributed by atoms with Crippen LogP contribution >= 0.6 is 0 Å². The van der Waals surface area contributed by atoms with Gasteiger partial charge in [-0.25, -0.2) is 31.5 Å². The molecule has 0 aliphatic heterocycles. The van der Waals surface area contributed by atoms with Crippen molar-refractivity contribution < 1.29 is 41.0 Å². The molecule has 1 aromatic heterocycles. The molecule has 0 aliphatic carbocycles. The highest BCUT2D eigenvalue weighted by Gasteiger charge is 2.28. The SMILES string of the molecule is COC(=O)c1cccc(CC#N)c1S(=O)(=O)NC(=O)Nc1nc(OC)cc(OCC(F)F)n1. The molecular formula is C18H17F2N5O7S. The van der Waals surface area contributed by atoms with E-state index in [2.05, 4.69) is 14.7 Å². The molecule has 0 unspecified atom stereocenters. The van der Waals surface area contributed by atoms with Crippen molar-refractivity contribution in [3.63, 3.8) is 0 Å². The van der Waals surface area contributed by atoms with Crippen molar-refractivity contribution in [2.75, 3.05) is 26.1 Å². The van der Waals surface area contributed by atoms with E-state index in [9.17, 15) is 26.8 Å². The first kappa shape index (κ1) is 25.2. The van der Waals surface area contributed by atoms with Gasteiger partial charge < -0.3 is 14.2 Å². The zero-order valence-electron chi connectivity index (χ0n) is 17.2. The second-order valence-electron chi connectivity index (χ2n) is 5.95. The van der Waals surface area contributed by atoms with Crippen LogP contribution in [0.25, 0.3) is 0 Å². The monoisotopic (exact) mass is 485 g/mol. The van der Waals surface area contributed by atoms with E-state index >= 15 is 0 Å². The molecule has 2 aromatic rings. The highest BCUT2D eigenvalue weighted by Crippen LogP contribution is 2.23. The molecule has 2 N–H and O–H groups in total. The summed E-state index contributed by atoms with van der Waals surface area (Å²) < 4.78 is 66.3. The fourth-order valence-electron chi connectivity index (χ4n) is 2.48. The predicted molar refractivity (Wildman–Crippen MR) is 107 cm³/mol. The molecule has 1 heterocycles. The van der Waals surface area contributed by atoms with Gasteiger partial charge in [-0.3, -0.25) is 5.32 Å². The standard InChI is InChI=1S/C18H17F2N5O7S/c1-30-13-8-14(32-9-12(19)20)23-17(22-13)24-18(27)25-33(28,29)15-10(6-7-21)4-3-5-11(15)16(26)31-2/h3-5,8,12H,6,9H2,1-2H3,(H2,22,23,24,25,27). The summed E-state index contributed by atoms with van der Waals surface area (Å²) in [6.07, 6.45) is -3.18. The number of anilines is 1. The number of amides is 2. The van der Waals surface area contributed by atoms with Crippen molar-refractivity contribution in [2.45, 2.75) is 17.7 Å². The number of alkyl halides is 2. The Morgan fingerprint density at radius 1 is 1.21 bits per heavy atom. The van der Waals surface area contributed by atoms with E-state index in [1.54, 1.807) is 10.8 Å². The van der Waals surface area contributed by atoms with Gasteiger partial charge >= 0.3 is 12.0 Å². The molecule has 0 bridgehead atoms. The normalized spacial score (nSPS) is 10.8. The smallest absolute Gasteiger partial charge is 0.339 e. The lowest BCUT2D eigenvalue weighted by Gasteiger charge is -2.14. The van der Waals surface area contributed by atoms with Gasteiger partial charge in [0.05, 0.1) is 38.3 Å². The van der Waals surface area contributed by atoms with E-state index in [-0.39, 0.29) is 23.7 Å². The van der Waals surface area contributed by atoms with Crippen LogP contribution in [-0.4, -0.2) is 57.6 Å². The second-order valence-corrected chi connectivity index (χ2v) is 7.57. The molecule has 15 heteroatoms. The maximum absolute atomic E-state index is 12.9. The van der Waals surface area contributed by atoms with Gasteiger partial charge in [-0.2, -0.15) is 15.2 Å². The zero-order valence-corrected chi connectivity index (χ0v) is 18.0. The minimum Gasteiger partial charge on any atom is -0.481 e. The van der Waals surface area contributed by atoms with Crippen molar-refractivity contribution in [3.8, 4) is 17.8 Å². The first-order valence-corrected chi connectivity index (χ1v) is 10.3. The summed E-state index contributed by atoms with van der Waals surface area (Å²) in [7, 11) is -2.46. The van der Waals surface area contributed by atoms with Crippen molar-refractivity contribution in [3.05, 3.63) is 35.4 Å². The molecule has 2 amide bonds. The quantitative estimate of drug-likeness (QED) is 0.496. The van der Waals surface area contributed by atoms with E-state index in [1.807, 2.05) is 5.32 Å². The fourth-order valence-corrected chi connectivity index (χ4v) is 3.81. The summed E-state index contributed by atoms with van der Waals surface area (Å²) in [5, 5.41) is 11.0. The number of carbonyl (C=O) groups is 2. The Labute approximate surface area is 186 Å². The summed E-state index contributed by atoms with van der Waals surface area (Å²) in [5.41, 5.74) is -0.452. The Kier molecular flexibility index (Phi) is 8.40. The third kappa shape index (κ3) is 6.71. The summed E-state index contributed by atoms with van der Waals surface area (Å²) in [6, 6.07) is 5.27. The second kappa shape index (κ2) is 11.0. The van der Waals surface area contributed by atoms with Crippen LogP contribution in [0.2, 0.25) is 0 Å². The largest absolute Gasteiger partial charge is 0.481 e. The number of halogens is 2. The Bertz CT molecular complexity index is 1190. The zero-order chi connectivity index (χ0) is 24.6. The van der Waals surface area contributed by atoms with Crippen molar-refractivity contribution >= 4 is 28.0 Å². The molecule has 0 aliphatic rings. The molecule has 1 aromatic carbocycles. The first-order chi connectivity index (χ1) is 15.6. The topological polar surface area (TPSA) is 170 Å². The number of nitrogens with one attached hydrogen (secondary N) is 2. The van der Waals surface area contributed by atoms with Gasteiger partial charge in [0, 0.05) is 0 Å². The van der Waals surface area contributed by atoms with Gasteiger partial charge in [0.1, 0.15) is 4.90 Å². The van der Waals surface area contributed by atoms with Crippen LogP contribution in [0.1, 0.15) is 15.9 Å². The van der Waals surface area contributed by atoms with E-state index in [0.717, 1.165) is 19.2 Å². The van der Waals surface area contributed by atoms with Crippen molar-refractivity contribution in [2.24, 2.45) is 0 Å². The number of ether oxygens (including phenoxy) is 3. The number of methoxy groups -OCH3 is 2.